The van der Waals surface area contributed by atoms with Crippen molar-refractivity contribution in [1.82, 2.24) is 0 Å². The van der Waals surface area contributed by atoms with Crippen LogP contribution in [0.15, 0.2) is 4.99 Å². The monoisotopic (exact) mass is 155 g/mol. The first-order chi connectivity index (χ1) is 5.41. The third-order valence-corrected chi connectivity index (χ3v) is 1.71. The van der Waals surface area contributed by atoms with Crippen LogP contribution >= 0.6 is 0 Å². The number of hydrogen-bond acceptors (Lipinski definition) is 1. The molecule has 1 nitrogen and oxygen atoms in total. The van der Waals surface area contributed by atoms with Crippen LogP contribution in [0.4, 0.5) is 0 Å². The van der Waals surface area contributed by atoms with E-state index < -0.39 is 0 Å². The standard InChI is InChI=1S/C10H21N/c1-3-5-7-8-10-11-9-6-4-2/h10H,3-9H2,1-2H3/b11-10-. The van der Waals surface area contributed by atoms with Crippen LogP contribution in [0.3, 0.4) is 0 Å². The van der Waals surface area contributed by atoms with Crippen LogP contribution in [0, 0.1) is 0 Å². The molecule has 0 fully saturated rings. The van der Waals surface area contributed by atoms with Gasteiger partial charge in [0.25, 0.3) is 0 Å². The van der Waals surface area contributed by atoms with Gasteiger partial charge in [-0.3, -0.25) is 4.99 Å². The van der Waals surface area contributed by atoms with Crippen molar-refractivity contribution in [3.05, 3.63) is 0 Å². The second kappa shape index (κ2) is 9.67. The van der Waals surface area contributed by atoms with E-state index in [2.05, 4.69) is 25.1 Å². The number of unbranched alkanes of at least 4 members (excludes halogenated alkanes) is 4. The third kappa shape index (κ3) is 9.67. The maximum Gasteiger partial charge on any atom is 0.0385 e. The van der Waals surface area contributed by atoms with Gasteiger partial charge in [0.2, 0.25) is 0 Å². The molecule has 11 heavy (non-hydrogen) atoms. The van der Waals surface area contributed by atoms with Crippen molar-refractivity contribution in [2.45, 2.75) is 52.4 Å². The topological polar surface area (TPSA) is 12.4 Å². The van der Waals surface area contributed by atoms with Gasteiger partial charge < -0.3 is 0 Å². The summed E-state index contributed by atoms with van der Waals surface area (Å²) in [5.41, 5.74) is 0. The molecule has 0 aliphatic carbocycles. The molecule has 0 aromatic rings. The predicted molar refractivity (Wildman–Crippen MR) is 52.4 cm³/mol. The molecule has 0 aromatic heterocycles. The summed E-state index contributed by atoms with van der Waals surface area (Å²) in [6.07, 6.45) is 9.73. The van der Waals surface area contributed by atoms with Crippen LogP contribution in [0.1, 0.15) is 52.4 Å². The van der Waals surface area contributed by atoms with Crippen molar-refractivity contribution in [3.63, 3.8) is 0 Å². The predicted octanol–water partition coefficient (Wildman–Crippen LogP) is 3.44. The quantitative estimate of drug-likeness (QED) is 0.394. The zero-order valence-electron chi connectivity index (χ0n) is 7.97. The number of aliphatic imine (C=N–C) groups is 1. The molecule has 0 saturated carbocycles. The van der Waals surface area contributed by atoms with Gasteiger partial charge in [0.1, 0.15) is 0 Å². The molecule has 0 unspecified atom stereocenters. The van der Waals surface area contributed by atoms with E-state index in [1.54, 1.807) is 0 Å². The van der Waals surface area contributed by atoms with Crippen LogP contribution in [-0.2, 0) is 0 Å². The van der Waals surface area contributed by atoms with E-state index >= 15 is 0 Å². The Bertz CT molecular complexity index is 86.9. The molecule has 0 aliphatic heterocycles. The SMILES string of the molecule is CCCCC/C=N\CCCC. The fourth-order valence-electron chi connectivity index (χ4n) is 0.918. The second-order valence-electron chi connectivity index (χ2n) is 2.94. The Kier molecular flexibility index (Phi) is 9.38. The molecule has 0 saturated heterocycles. The maximum absolute atomic E-state index is 4.31. The Hall–Kier alpha value is -0.330. The van der Waals surface area contributed by atoms with E-state index in [9.17, 15) is 0 Å². The first-order valence-corrected chi connectivity index (χ1v) is 4.90. The molecule has 0 amide bonds. The zero-order valence-corrected chi connectivity index (χ0v) is 7.97. The lowest BCUT2D eigenvalue weighted by Crippen LogP contribution is -1.82. The van der Waals surface area contributed by atoms with Crippen LogP contribution in [-0.4, -0.2) is 12.8 Å². The van der Waals surface area contributed by atoms with Gasteiger partial charge in [0, 0.05) is 6.54 Å². The molecule has 0 N–H and O–H groups in total. The van der Waals surface area contributed by atoms with Gasteiger partial charge in [-0.25, -0.2) is 0 Å². The van der Waals surface area contributed by atoms with E-state index in [1.807, 2.05) is 0 Å². The van der Waals surface area contributed by atoms with Crippen LogP contribution in [0.5, 0.6) is 0 Å². The summed E-state index contributed by atoms with van der Waals surface area (Å²) in [5.74, 6) is 0. The fourth-order valence-corrected chi connectivity index (χ4v) is 0.918. The van der Waals surface area contributed by atoms with Crippen molar-refractivity contribution in [1.29, 1.82) is 0 Å². The van der Waals surface area contributed by atoms with E-state index in [0.717, 1.165) is 6.54 Å². The van der Waals surface area contributed by atoms with Crippen molar-refractivity contribution in [2.75, 3.05) is 6.54 Å². The molecule has 0 rings (SSSR count). The molecule has 0 atom stereocenters. The summed E-state index contributed by atoms with van der Waals surface area (Å²) in [6.45, 7) is 5.46. The highest BCUT2D eigenvalue weighted by Gasteiger charge is 1.82. The summed E-state index contributed by atoms with van der Waals surface area (Å²) in [7, 11) is 0. The van der Waals surface area contributed by atoms with Gasteiger partial charge in [0.05, 0.1) is 0 Å². The van der Waals surface area contributed by atoms with Gasteiger partial charge in [-0.2, -0.15) is 0 Å². The third-order valence-electron chi connectivity index (χ3n) is 1.71. The van der Waals surface area contributed by atoms with Crippen LogP contribution < -0.4 is 0 Å². The van der Waals surface area contributed by atoms with Crippen LogP contribution in [0.25, 0.3) is 0 Å². The lowest BCUT2D eigenvalue weighted by molar-refractivity contribution is 0.742. The maximum atomic E-state index is 4.31. The molecule has 0 aromatic carbocycles. The number of nitrogens with zero attached hydrogens (tertiary/aromatic N) is 1. The summed E-state index contributed by atoms with van der Waals surface area (Å²) in [4.78, 5) is 4.31. The average molecular weight is 155 g/mol. The molecule has 66 valence electrons. The molecule has 0 bridgehead atoms. The Labute approximate surface area is 70.9 Å². The molecule has 0 aliphatic rings. The molecule has 0 spiro atoms. The van der Waals surface area contributed by atoms with Crippen LogP contribution in [0.2, 0.25) is 0 Å². The molecule has 0 radical (unpaired) electrons. The summed E-state index contributed by atoms with van der Waals surface area (Å²) in [6, 6.07) is 0. The van der Waals surface area contributed by atoms with E-state index in [-0.39, 0.29) is 0 Å². The highest BCUT2D eigenvalue weighted by molar-refractivity contribution is 5.56. The van der Waals surface area contributed by atoms with Gasteiger partial charge in [-0.15, -0.1) is 0 Å². The fraction of sp³-hybridized carbons (Fsp3) is 0.900. The lowest BCUT2D eigenvalue weighted by Gasteiger charge is -1.91. The molecule has 0 heterocycles. The minimum absolute atomic E-state index is 1.03. The normalized spacial score (nSPS) is 11.1. The van der Waals surface area contributed by atoms with E-state index in [0.29, 0.717) is 0 Å². The second-order valence-corrected chi connectivity index (χ2v) is 2.94. The first-order valence-electron chi connectivity index (χ1n) is 4.90. The average Bonchev–Trinajstić information content (AvgIpc) is 2.03. The minimum Gasteiger partial charge on any atom is -0.298 e. The highest BCUT2D eigenvalue weighted by Crippen LogP contribution is 1.96. The summed E-state index contributed by atoms with van der Waals surface area (Å²) in [5, 5.41) is 0. The van der Waals surface area contributed by atoms with Crippen molar-refractivity contribution < 1.29 is 0 Å². The van der Waals surface area contributed by atoms with Crippen molar-refractivity contribution in [3.8, 4) is 0 Å². The molecular formula is C10H21N. The Balaban J connectivity index is 2.91. The number of hydrogen-bond donors (Lipinski definition) is 0. The van der Waals surface area contributed by atoms with Gasteiger partial charge in [-0.05, 0) is 25.5 Å². The zero-order chi connectivity index (χ0) is 8.36. The highest BCUT2D eigenvalue weighted by atomic mass is 14.7. The molecular weight excluding hydrogens is 134 g/mol. The van der Waals surface area contributed by atoms with Crippen molar-refractivity contribution >= 4 is 6.21 Å². The Morgan fingerprint density at radius 3 is 2.36 bits per heavy atom. The molecule has 1 heteroatoms. The Morgan fingerprint density at radius 2 is 1.73 bits per heavy atom. The summed E-state index contributed by atoms with van der Waals surface area (Å²) < 4.78 is 0. The first kappa shape index (κ1) is 10.7. The summed E-state index contributed by atoms with van der Waals surface area (Å²) >= 11 is 0. The largest absolute Gasteiger partial charge is 0.298 e. The smallest absolute Gasteiger partial charge is 0.0385 e. The Morgan fingerprint density at radius 1 is 1.00 bits per heavy atom. The van der Waals surface area contributed by atoms with Gasteiger partial charge in [-0.1, -0.05) is 33.1 Å². The van der Waals surface area contributed by atoms with Gasteiger partial charge >= 0.3 is 0 Å². The van der Waals surface area contributed by atoms with Gasteiger partial charge in [0.15, 0.2) is 0 Å². The number of rotatable bonds is 7. The minimum atomic E-state index is 1.03. The van der Waals surface area contributed by atoms with E-state index in [1.165, 1.54) is 38.5 Å². The van der Waals surface area contributed by atoms with Crippen molar-refractivity contribution in [2.24, 2.45) is 4.99 Å². The van der Waals surface area contributed by atoms with E-state index in [4.69, 9.17) is 0 Å². The lowest BCUT2D eigenvalue weighted by atomic mass is 10.2.